The molecule has 0 bridgehead atoms. The van der Waals surface area contributed by atoms with Gasteiger partial charge in [0.15, 0.2) is 0 Å². The van der Waals surface area contributed by atoms with Crippen molar-refractivity contribution >= 4 is 106 Å². The Balaban J connectivity index is 0.000000184. The van der Waals surface area contributed by atoms with Crippen LogP contribution in [-0.2, 0) is 46.3 Å². The summed E-state index contributed by atoms with van der Waals surface area (Å²) in [5.74, 6) is 0. The fraction of sp³-hybridized carbons (Fsp3) is 0.0370. The van der Waals surface area contributed by atoms with Crippen molar-refractivity contribution in [2.24, 2.45) is 0 Å². The van der Waals surface area contributed by atoms with Gasteiger partial charge in [0, 0.05) is 0 Å². The summed E-state index contributed by atoms with van der Waals surface area (Å²) in [6.07, 6.45) is 2.41. The van der Waals surface area contributed by atoms with Gasteiger partial charge >= 0.3 is 21.1 Å². The zero-order chi connectivity index (χ0) is 41.8. The van der Waals surface area contributed by atoms with Gasteiger partial charge in [-0.1, -0.05) is 267 Å². The molecule has 61 heavy (non-hydrogen) atoms. The molecule has 0 spiro atoms. The maximum absolute atomic E-state index is 5.38. The first kappa shape index (κ1) is 47.7. The van der Waals surface area contributed by atoms with E-state index in [4.69, 9.17) is 49.7 Å². The Morgan fingerprint density at radius 1 is 0.295 bits per heavy atom. The molecule has 0 amide bonds. The summed E-state index contributed by atoms with van der Waals surface area (Å²) >= 11 is 21.5. The van der Waals surface area contributed by atoms with Crippen molar-refractivity contribution in [1.29, 1.82) is 0 Å². The van der Waals surface area contributed by atoms with Crippen LogP contribution in [0.1, 0.15) is 22.3 Å². The monoisotopic (exact) mass is 1080 g/mol. The minimum atomic E-state index is -0.348. The molecule has 0 aliphatic heterocycles. The summed E-state index contributed by atoms with van der Waals surface area (Å²) in [5.41, 5.74) is 4.02. The standard InChI is InChI=1S/C26H24P2.C14H12S2.C14H10S2.Pt/c1-5-13-23(14-6-1)27(24-15-7-2-8-16-24)21-22-28(25-17-9-3-10-18-25)26-19-11-4-12-20-26;2*15-13(11-7-3-1-4-8-11)14(16)12-9-5-2-6-10-12;/h1-20H,21-22H2;1-10,15-16H;1-10H;/q;;;+2/p-2/b;14-13-;;. The first-order valence-corrected chi connectivity index (χ1v) is 24.3. The molecule has 0 saturated carbocycles. The third-order valence-corrected chi connectivity index (χ3v) is 16.8. The Kier molecular flexibility index (Phi) is 20.5. The number of hydrogen-bond donors (Lipinski definition) is 0. The summed E-state index contributed by atoms with van der Waals surface area (Å²) in [6.45, 7) is 0. The maximum atomic E-state index is 5.38. The van der Waals surface area contributed by atoms with E-state index in [9.17, 15) is 0 Å². The van der Waals surface area contributed by atoms with E-state index < -0.39 is 0 Å². The van der Waals surface area contributed by atoms with E-state index in [1.807, 2.05) is 121 Å². The minimum absolute atomic E-state index is 0. The second-order valence-corrected chi connectivity index (χ2v) is 19.7. The van der Waals surface area contributed by atoms with Crippen molar-refractivity contribution in [3.63, 3.8) is 0 Å². The molecule has 0 heterocycles. The van der Waals surface area contributed by atoms with Crippen LogP contribution >= 0.6 is 40.3 Å². The second-order valence-electron chi connectivity index (χ2n) is 13.4. The molecular formula is C54H44P2PtS4. The summed E-state index contributed by atoms with van der Waals surface area (Å²) < 4.78 is 0. The van der Waals surface area contributed by atoms with E-state index in [1.165, 1.54) is 33.5 Å². The van der Waals surface area contributed by atoms with Gasteiger partial charge in [-0.15, -0.1) is 0 Å². The van der Waals surface area contributed by atoms with Gasteiger partial charge in [0.1, 0.15) is 0 Å². The molecule has 0 unspecified atom stereocenters. The molecular weight excluding hydrogens is 1030 g/mol. The molecule has 7 heteroatoms. The molecule has 8 rings (SSSR count). The Labute approximate surface area is 401 Å². The molecule has 0 aliphatic carbocycles. The van der Waals surface area contributed by atoms with Crippen LogP contribution in [0, 0.1) is 0 Å². The summed E-state index contributed by atoms with van der Waals surface area (Å²) in [5, 5.41) is 5.89. The average molecular weight is 1080 g/mol. The van der Waals surface area contributed by atoms with Crippen molar-refractivity contribution in [1.82, 2.24) is 0 Å². The fourth-order valence-electron chi connectivity index (χ4n) is 6.33. The molecule has 304 valence electrons. The first-order chi connectivity index (χ1) is 29.5. The Bertz CT molecular complexity index is 2250. The van der Waals surface area contributed by atoms with Crippen LogP contribution in [0.25, 0.3) is 9.81 Å². The number of rotatable bonds is 12. The summed E-state index contributed by atoms with van der Waals surface area (Å²) in [6, 6.07) is 83.7. The number of hydrogen-bond acceptors (Lipinski definition) is 4. The van der Waals surface area contributed by atoms with Crippen molar-refractivity contribution in [3.05, 3.63) is 265 Å². The van der Waals surface area contributed by atoms with Crippen LogP contribution in [0.4, 0.5) is 0 Å². The molecule has 8 aromatic rings. The molecule has 0 N–H and O–H groups in total. The van der Waals surface area contributed by atoms with E-state index in [2.05, 4.69) is 121 Å². The predicted molar refractivity (Wildman–Crippen MR) is 279 cm³/mol. The number of benzene rings is 8. The van der Waals surface area contributed by atoms with Crippen LogP contribution in [-0.4, -0.2) is 22.1 Å². The number of thiocarbonyl (C=S) groups is 2. The van der Waals surface area contributed by atoms with Gasteiger partial charge in [-0.3, -0.25) is 0 Å². The first-order valence-electron chi connectivity index (χ1n) is 19.6. The SMILES string of the molecule is S=C(C(=S)c1ccccc1)c1ccccc1.[Pt+2].[S-]/C(=C(\[S-])c1ccccc1)c1ccccc1.c1ccc(P(CCP(c2ccccc2)c2ccccc2)c2ccccc2)cc1. The van der Waals surface area contributed by atoms with Gasteiger partial charge in [0.05, 0.1) is 9.73 Å². The van der Waals surface area contributed by atoms with Gasteiger partial charge < -0.3 is 25.3 Å². The fourth-order valence-corrected chi connectivity index (χ4v) is 12.7. The van der Waals surface area contributed by atoms with Crippen molar-refractivity contribution in [3.8, 4) is 0 Å². The van der Waals surface area contributed by atoms with Gasteiger partial charge in [-0.05, 0) is 71.6 Å². The van der Waals surface area contributed by atoms with Crippen LogP contribution in [0.3, 0.4) is 0 Å². The Morgan fingerprint density at radius 3 is 0.689 bits per heavy atom. The smallest absolute Gasteiger partial charge is 0.781 e. The predicted octanol–water partition coefficient (Wildman–Crippen LogP) is 12.7. The van der Waals surface area contributed by atoms with Crippen molar-refractivity contribution < 1.29 is 21.1 Å². The summed E-state index contributed by atoms with van der Waals surface area (Å²) in [4.78, 5) is 2.95. The van der Waals surface area contributed by atoms with E-state index in [1.54, 1.807) is 0 Å². The third-order valence-electron chi connectivity index (χ3n) is 9.38. The molecule has 0 fully saturated rings. The van der Waals surface area contributed by atoms with E-state index in [0.717, 1.165) is 41.8 Å². The largest absolute Gasteiger partial charge is 2.00 e. The Hall–Kier alpha value is -4.33. The average Bonchev–Trinajstić information content (AvgIpc) is 3.34. The van der Waals surface area contributed by atoms with Gasteiger partial charge in [-0.2, -0.15) is 9.81 Å². The topological polar surface area (TPSA) is 0 Å². The molecule has 0 saturated heterocycles. The quantitative estimate of drug-likeness (QED) is 0.0393. The summed E-state index contributed by atoms with van der Waals surface area (Å²) in [7, 11) is -0.696. The van der Waals surface area contributed by atoms with E-state index in [0.29, 0.717) is 0 Å². The normalized spacial score (nSPS) is 10.8. The maximum Gasteiger partial charge on any atom is 2.00 e. The van der Waals surface area contributed by atoms with Crippen LogP contribution < -0.4 is 21.2 Å². The second kappa shape index (κ2) is 26.2. The van der Waals surface area contributed by atoms with Crippen LogP contribution in [0.15, 0.2) is 243 Å². The molecule has 0 radical (unpaired) electrons. The Morgan fingerprint density at radius 2 is 0.475 bits per heavy atom. The minimum Gasteiger partial charge on any atom is -0.781 e. The zero-order valence-electron chi connectivity index (χ0n) is 33.4. The van der Waals surface area contributed by atoms with Gasteiger partial charge in [0.25, 0.3) is 0 Å². The van der Waals surface area contributed by atoms with E-state index >= 15 is 0 Å². The van der Waals surface area contributed by atoms with E-state index in [-0.39, 0.29) is 36.9 Å². The van der Waals surface area contributed by atoms with Crippen LogP contribution in [0.5, 0.6) is 0 Å². The van der Waals surface area contributed by atoms with Gasteiger partial charge in [0.2, 0.25) is 0 Å². The molecule has 8 aromatic carbocycles. The van der Waals surface area contributed by atoms with Crippen LogP contribution in [0.2, 0.25) is 0 Å². The van der Waals surface area contributed by atoms with Gasteiger partial charge in [-0.25, -0.2) is 0 Å². The molecule has 0 aromatic heterocycles. The molecule has 0 aliphatic rings. The third kappa shape index (κ3) is 14.6. The zero-order valence-corrected chi connectivity index (χ0v) is 40.7. The van der Waals surface area contributed by atoms with Crippen molar-refractivity contribution in [2.45, 2.75) is 0 Å². The molecule has 0 nitrogen and oxygen atoms in total. The molecule has 0 atom stereocenters. The van der Waals surface area contributed by atoms with Crippen molar-refractivity contribution in [2.75, 3.05) is 12.3 Å².